The topological polar surface area (TPSA) is 55.9 Å². The Kier molecular flexibility index (Phi) is 5.36. The van der Waals surface area contributed by atoms with Crippen LogP contribution in [0, 0.1) is 0 Å². The van der Waals surface area contributed by atoms with E-state index in [0.29, 0.717) is 5.02 Å². The lowest BCUT2D eigenvalue weighted by Crippen LogP contribution is -2.32. The molecule has 2 rings (SSSR count). The first kappa shape index (κ1) is 14.2. The van der Waals surface area contributed by atoms with Crippen LogP contribution in [0.25, 0.3) is 0 Å². The number of halogens is 1. The van der Waals surface area contributed by atoms with Gasteiger partial charge >= 0.3 is 0 Å². The molecule has 18 heavy (non-hydrogen) atoms. The summed E-state index contributed by atoms with van der Waals surface area (Å²) in [4.78, 5) is 0. The van der Waals surface area contributed by atoms with Crippen molar-refractivity contribution in [3.05, 3.63) is 16.9 Å². The average Bonchev–Trinajstić information content (AvgIpc) is 2.73. The van der Waals surface area contributed by atoms with E-state index in [0.717, 1.165) is 16.7 Å². The maximum Gasteiger partial charge on any atom is 0.0834 e. The molecule has 1 aromatic rings. The number of aryl methyl sites for hydroxylation is 1. The van der Waals surface area contributed by atoms with Gasteiger partial charge in [0.15, 0.2) is 0 Å². The van der Waals surface area contributed by atoms with Crippen molar-refractivity contribution in [1.29, 1.82) is 0 Å². The van der Waals surface area contributed by atoms with Crippen molar-refractivity contribution in [2.75, 3.05) is 5.75 Å². The molecule has 1 atom stereocenters. The Hall–Kier alpha value is -0.230. The van der Waals surface area contributed by atoms with Crippen LogP contribution in [0.2, 0.25) is 5.02 Å². The third-order valence-electron chi connectivity index (χ3n) is 3.52. The van der Waals surface area contributed by atoms with Gasteiger partial charge < -0.3 is 0 Å². The molecule has 0 aromatic carbocycles. The molecule has 1 unspecified atom stereocenters. The monoisotopic (exact) mass is 288 g/mol. The lowest BCUT2D eigenvalue weighted by molar-refractivity contribution is 0.512. The summed E-state index contributed by atoms with van der Waals surface area (Å²) in [5.74, 6) is 6.60. The molecule has 6 heteroatoms. The minimum atomic E-state index is 0.0666. The van der Waals surface area contributed by atoms with E-state index in [9.17, 15) is 0 Å². The molecule has 0 saturated heterocycles. The number of rotatable bonds is 5. The lowest BCUT2D eigenvalue weighted by Gasteiger charge is -2.24. The van der Waals surface area contributed by atoms with E-state index in [4.69, 9.17) is 17.4 Å². The highest BCUT2D eigenvalue weighted by Crippen LogP contribution is 2.32. The number of nitrogens with zero attached hydrogens (tertiary/aromatic N) is 2. The van der Waals surface area contributed by atoms with Crippen LogP contribution in [0.4, 0.5) is 0 Å². The van der Waals surface area contributed by atoms with Crippen LogP contribution in [-0.4, -0.2) is 20.8 Å². The van der Waals surface area contributed by atoms with Crippen LogP contribution in [0.1, 0.15) is 43.8 Å². The van der Waals surface area contributed by atoms with E-state index in [1.54, 1.807) is 10.9 Å². The highest BCUT2D eigenvalue weighted by molar-refractivity contribution is 7.99. The fraction of sp³-hybridized carbons (Fsp3) is 0.750. The van der Waals surface area contributed by atoms with Crippen LogP contribution in [0.3, 0.4) is 0 Å². The number of nitrogens with one attached hydrogen (secondary N) is 1. The zero-order chi connectivity index (χ0) is 13.0. The molecule has 1 fully saturated rings. The molecular formula is C12H21ClN4S. The van der Waals surface area contributed by atoms with Gasteiger partial charge in [0.05, 0.1) is 23.0 Å². The Labute approximate surface area is 118 Å². The number of nitrogens with two attached hydrogens (primary N) is 1. The second-order valence-corrected chi connectivity index (χ2v) is 6.55. The Morgan fingerprint density at radius 3 is 2.83 bits per heavy atom. The quantitative estimate of drug-likeness (QED) is 0.646. The summed E-state index contributed by atoms with van der Waals surface area (Å²) in [6.45, 7) is 0. The highest BCUT2D eigenvalue weighted by atomic mass is 35.5. The first-order valence-electron chi connectivity index (χ1n) is 6.47. The summed E-state index contributed by atoms with van der Waals surface area (Å²) in [6.07, 6.45) is 8.47. The molecule has 0 bridgehead atoms. The van der Waals surface area contributed by atoms with Gasteiger partial charge in [-0.25, -0.2) is 0 Å². The molecule has 1 aliphatic rings. The van der Waals surface area contributed by atoms with Gasteiger partial charge in [-0.2, -0.15) is 16.9 Å². The van der Waals surface area contributed by atoms with Crippen molar-refractivity contribution >= 4 is 23.4 Å². The molecule has 102 valence electrons. The number of hydrogen-bond donors (Lipinski definition) is 2. The molecule has 1 heterocycles. The normalized spacial score (nSPS) is 19.1. The van der Waals surface area contributed by atoms with Crippen molar-refractivity contribution in [2.24, 2.45) is 12.9 Å². The van der Waals surface area contributed by atoms with E-state index >= 15 is 0 Å². The second kappa shape index (κ2) is 6.80. The third kappa shape index (κ3) is 3.41. The Balaban J connectivity index is 1.93. The summed E-state index contributed by atoms with van der Waals surface area (Å²) >= 11 is 8.16. The predicted octanol–water partition coefficient (Wildman–Crippen LogP) is 2.64. The van der Waals surface area contributed by atoms with Crippen molar-refractivity contribution in [1.82, 2.24) is 15.2 Å². The van der Waals surface area contributed by atoms with Crippen molar-refractivity contribution in [3.63, 3.8) is 0 Å². The van der Waals surface area contributed by atoms with Crippen LogP contribution >= 0.6 is 23.4 Å². The molecule has 0 aliphatic heterocycles. The fourth-order valence-corrected chi connectivity index (χ4v) is 4.17. The molecule has 3 N–H and O–H groups in total. The number of thioether (sulfide) groups is 1. The maximum atomic E-state index is 6.15. The van der Waals surface area contributed by atoms with Crippen molar-refractivity contribution in [2.45, 2.75) is 43.4 Å². The third-order valence-corrected chi connectivity index (χ3v) is 5.28. The number of aromatic nitrogens is 2. The van der Waals surface area contributed by atoms with E-state index in [1.165, 1.54) is 32.1 Å². The zero-order valence-corrected chi connectivity index (χ0v) is 12.3. The maximum absolute atomic E-state index is 6.15. The Morgan fingerprint density at radius 2 is 2.28 bits per heavy atom. The van der Waals surface area contributed by atoms with E-state index in [2.05, 4.69) is 10.5 Å². The molecule has 1 aliphatic carbocycles. The van der Waals surface area contributed by atoms with E-state index in [1.807, 2.05) is 18.8 Å². The molecular weight excluding hydrogens is 268 g/mol. The van der Waals surface area contributed by atoms with Crippen LogP contribution in [-0.2, 0) is 7.05 Å². The summed E-state index contributed by atoms with van der Waals surface area (Å²) in [6, 6.07) is 0.0666. The minimum absolute atomic E-state index is 0.0666. The van der Waals surface area contributed by atoms with Crippen LogP contribution in [0.5, 0.6) is 0 Å². The van der Waals surface area contributed by atoms with E-state index in [-0.39, 0.29) is 6.04 Å². The molecule has 4 nitrogen and oxygen atoms in total. The molecule has 0 radical (unpaired) electrons. The van der Waals surface area contributed by atoms with Crippen LogP contribution < -0.4 is 11.3 Å². The van der Waals surface area contributed by atoms with Gasteiger partial charge in [-0.15, -0.1) is 0 Å². The minimum Gasteiger partial charge on any atom is -0.271 e. The van der Waals surface area contributed by atoms with Gasteiger partial charge in [0.1, 0.15) is 0 Å². The summed E-state index contributed by atoms with van der Waals surface area (Å²) in [7, 11) is 1.90. The first-order valence-corrected chi connectivity index (χ1v) is 7.90. The molecule has 1 aromatic heterocycles. The van der Waals surface area contributed by atoms with Gasteiger partial charge in [-0.1, -0.05) is 30.9 Å². The smallest absolute Gasteiger partial charge is 0.0834 e. The van der Waals surface area contributed by atoms with E-state index < -0.39 is 0 Å². The van der Waals surface area contributed by atoms with Gasteiger partial charge in [-0.3, -0.25) is 16.0 Å². The summed E-state index contributed by atoms with van der Waals surface area (Å²) < 4.78 is 1.80. The van der Waals surface area contributed by atoms with Gasteiger partial charge in [0, 0.05) is 18.1 Å². The molecule has 1 saturated carbocycles. The predicted molar refractivity (Wildman–Crippen MR) is 77.6 cm³/mol. The lowest BCUT2D eigenvalue weighted by atomic mass is 10.0. The largest absolute Gasteiger partial charge is 0.271 e. The molecule has 0 amide bonds. The second-order valence-electron chi connectivity index (χ2n) is 4.81. The average molecular weight is 289 g/mol. The highest BCUT2D eigenvalue weighted by Gasteiger charge is 2.21. The van der Waals surface area contributed by atoms with Gasteiger partial charge in [0.25, 0.3) is 0 Å². The SMILES string of the molecule is Cn1ncc(Cl)c1C(CSC1CCCCC1)NN. The van der Waals surface area contributed by atoms with Crippen LogP contribution in [0.15, 0.2) is 6.20 Å². The number of hydrazine groups is 1. The Morgan fingerprint density at radius 1 is 1.56 bits per heavy atom. The first-order chi connectivity index (χ1) is 8.72. The summed E-state index contributed by atoms with van der Waals surface area (Å²) in [5.41, 5.74) is 3.83. The van der Waals surface area contributed by atoms with Crippen molar-refractivity contribution < 1.29 is 0 Å². The fourth-order valence-electron chi connectivity index (χ4n) is 2.48. The molecule has 0 spiro atoms. The number of hydrogen-bond acceptors (Lipinski definition) is 4. The Bertz CT molecular complexity index is 357. The van der Waals surface area contributed by atoms with Gasteiger partial charge in [-0.05, 0) is 12.8 Å². The standard InChI is InChI=1S/C12H21ClN4S/c1-17-12(10(13)7-15-17)11(16-14)8-18-9-5-3-2-4-6-9/h7,9,11,16H,2-6,8,14H2,1H3. The van der Waals surface area contributed by atoms with Crippen molar-refractivity contribution in [3.8, 4) is 0 Å². The zero-order valence-electron chi connectivity index (χ0n) is 10.7. The summed E-state index contributed by atoms with van der Waals surface area (Å²) in [5, 5.41) is 5.62. The van der Waals surface area contributed by atoms with Gasteiger partial charge in [0.2, 0.25) is 0 Å².